The summed E-state index contributed by atoms with van der Waals surface area (Å²) in [5.41, 5.74) is 4.40. The molecular formula is C29H28F3N7OS. The van der Waals surface area contributed by atoms with Crippen LogP contribution in [0.25, 0.3) is 21.1 Å². The third-order valence-corrected chi connectivity index (χ3v) is 8.69. The van der Waals surface area contributed by atoms with E-state index >= 15 is 0 Å². The zero-order chi connectivity index (χ0) is 28.6. The van der Waals surface area contributed by atoms with Gasteiger partial charge in [0.2, 0.25) is 0 Å². The number of aromatic amines is 1. The number of halogens is 3. The maximum absolute atomic E-state index is 12.9. The molecule has 41 heavy (non-hydrogen) atoms. The Morgan fingerprint density at radius 3 is 2.66 bits per heavy atom. The fourth-order valence-electron chi connectivity index (χ4n) is 5.65. The van der Waals surface area contributed by atoms with Crippen molar-refractivity contribution in [1.29, 1.82) is 5.26 Å². The number of nitrogens with one attached hydrogen (secondary N) is 2. The molecule has 8 nitrogen and oxygen atoms in total. The minimum Gasteiger partial charge on any atom is -0.392 e. The summed E-state index contributed by atoms with van der Waals surface area (Å²) in [5.74, 6) is 0.573. The number of piperidine rings is 1. The number of rotatable bonds is 8. The van der Waals surface area contributed by atoms with Gasteiger partial charge in [-0.1, -0.05) is 6.07 Å². The number of fused-ring (bicyclic) bond motifs is 2. The van der Waals surface area contributed by atoms with Crippen molar-refractivity contribution in [2.75, 3.05) is 18.4 Å². The first-order valence-corrected chi connectivity index (χ1v) is 14.2. The van der Waals surface area contributed by atoms with Crippen LogP contribution in [-0.2, 0) is 26.1 Å². The van der Waals surface area contributed by atoms with Gasteiger partial charge in [-0.25, -0.2) is 9.97 Å². The zero-order valence-corrected chi connectivity index (χ0v) is 22.9. The average Bonchev–Trinajstić information content (AvgIpc) is 3.68. The van der Waals surface area contributed by atoms with Gasteiger partial charge in [0.1, 0.15) is 28.7 Å². The molecule has 1 aliphatic heterocycles. The van der Waals surface area contributed by atoms with Crippen molar-refractivity contribution >= 4 is 38.3 Å². The molecule has 0 aliphatic carbocycles. The number of aromatic nitrogens is 4. The van der Waals surface area contributed by atoms with Crippen LogP contribution in [0.3, 0.4) is 0 Å². The summed E-state index contributed by atoms with van der Waals surface area (Å²) in [6, 6.07) is 11.9. The number of H-pyrrole nitrogens is 1. The maximum Gasteiger partial charge on any atom is 0.393 e. The summed E-state index contributed by atoms with van der Waals surface area (Å²) < 4.78 is 40.6. The van der Waals surface area contributed by atoms with E-state index in [0.717, 1.165) is 64.9 Å². The van der Waals surface area contributed by atoms with Crippen LogP contribution in [0.2, 0.25) is 0 Å². The fraction of sp³-hybridized carbons (Fsp3) is 0.345. The van der Waals surface area contributed by atoms with Gasteiger partial charge >= 0.3 is 6.18 Å². The van der Waals surface area contributed by atoms with Crippen LogP contribution in [0.1, 0.15) is 40.1 Å². The number of aliphatic hydroxyl groups excluding tert-OH is 1. The molecule has 0 bridgehead atoms. The highest BCUT2D eigenvalue weighted by atomic mass is 32.1. The Hall–Kier alpha value is -3.92. The Bertz CT molecular complexity index is 1710. The third-order valence-electron chi connectivity index (χ3n) is 7.65. The molecule has 0 atom stereocenters. The van der Waals surface area contributed by atoms with Crippen molar-refractivity contribution in [3.63, 3.8) is 0 Å². The normalized spacial score (nSPS) is 15.1. The Balaban J connectivity index is 1.14. The molecule has 3 N–H and O–H groups in total. The molecule has 1 fully saturated rings. The summed E-state index contributed by atoms with van der Waals surface area (Å²) >= 11 is 1.05. The minimum atomic E-state index is -4.26. The molecule has 6 rings (SSSR count). The van der Waals surface area contributed by atoms with E-state index in [0.29, 0.717) is 34.8 Å². The van der Waals surface area contributed by atoms with Gasteiger partial charge in [-0.15, -0.1) is 11.3 Å². The summed E-state index contributed by atoms with van der Waals surface area (Å²) in [6.07, 6.45) is 1.60. The van der Waals surface area contributed by atoms with Gasteiger partial charge in [-0.2, -0.15) is 18.4 Å². The Labute approximate surface area is 238 Å². The van der Waals surface area contributed by atoms with Gasteiger partial charge in [0, 0.05) is 53.8 Å². The minimum absolute atomic E-state index is 0.121. The van der Waals surface area contributed by atoms with Gasteiger partial charge < -0.3 is 20.0 Å². The monoisotopic (exact) mass is 579 g/mol. The first kappa shape index (κ1) is 27.3. The number of thiophene rings is 1. The van der Waals surface area contributed by atoms with Crippen molar-refractivity contribution in [1.82, 2.24) is 24.4 Å². The van der Waals surface area contributed by atoms with E-state index in [-0.39, 0.29) is 17.5 Å². The molecule has 1 aromatic carbocycles. The SMILES string of the molecule is N#Cc1cc2c(CO)c(CN3CCC(Nc4ncnc5sc(CC(F)(F)F)cc45)CC3)ccc2n1Cc1cc[nH]c1. The lowest BCUT2D eigenvalue weighted by Gasteiger charge is -2.33. The third kappa shape index (κ3) is 5.79. The highest BCUT2D eigenvalue weighted by molar-refractivity contribution is 7.18. The van der Waals surface area contributed by atoms with Gasteiger partial charge in [-0.05, 0) is 53.8 Å². The van der Waals surface area contributed by atoms with Crippen molar-refractivity contribution in [2.24, 2.45) is 0 Å². The predicted octanol–water partition coefficient (Wildman–Crippen LogP) is 5.57. The lowest BCUT2D eigenvalue weighted by atomic mass is 10.00. The number of nitrogens with zero attached hydrogens (tertiary/aromatic N) is 5. The van der Waals surface area contributed by atoms with Crippen LogP contribution in [0.4, 0.5) is 19.0 Å². The van der Waals surface area contributed by atoms with Crippen molar-refractivity contribution in [2.45, 2.75) is 51.2 Å². The zero-order valence-electron chi connectivity index (χ0n) is 22.1. The van der Waals surface area contributed by atoms with E-state index < -0.39 is 12.6 Å². The second-order valence-corrected chi connectivity index (χ2v) is 11.5. The average molecular weight is 580 g/mol. The van der Waals surface area contributed by atoms with Crippen LogP contribution >= 0.6 is 11.3 Å². The number of likely N-dealkylation sites (tertiary alicyclic amines) is 1. The molecular weight excluding hydrogens is 551 g/mol. The van der Waals surface area contributed by atoms with Crippen molar-refractivity contribution in [3.8, 4) is 6.07 Å². The summed E-state index contributed by atoms with van der Waals surface area (Å²) in [5, 5.41) is 25.1. The molecule has 1 saturated heterocycles. The number of alkyl halides is 3. The predicted molar refractivity (Wildman–Crippen MR) is 152 cm³/mol. The Morgan fingerprint density at radius 1 is 1.12 bits per heavy atom. The second-order valence-electron chi connectivity index (χ2n) is 10.4. The first-order chi connectivity index (χ1) is 19.8. The van der Waals surface area contributed by atoms with Gasteiger partial charge in [0.15, 0.2) is 0 Å². The molecule has 0 unspecified atom stereocenters. The molecule has 5 heterocycles. The molecule has 4 aromatic heterocycles. The largest absolute Gasteiger partial charge is 0.393 e. The molecule has 0 saturated carbocycles. The molecule has 12 heteroatoms. The van der Waals surface area contributed by atoms with E-state index in [1.807, 2.05) is 41.2 Å². The molecule has 0 radical (unpaired) electrons. The van der Waals surface area contributed by atoms with E-state index in [2.05, 4.69) is 31.2 Å². The van der Waals surface area contributed by atoms with Gasteiger partial charge in [-0.3, -0.25) is 4.90 Å². The van der Waals surface area contributed by atoms with Crippen LogP contribution in [-0.4, -0.2) is 54.8 Å². The number of hydrogen-bond acceptors (Lipinski definition) is 7. The van der Waals surface area contributed by atoms with Crippen LogP contribution in [0.15, 0.2) is 49.1 Å². The van der Waals surface area contributed by atoms with Crippen molar-refractivity contribution < 1.29 is 18.3 Å². The smallest absolute Gasteiger partial charge is 0.392 e. The summed E-state index contributed by atoms with van der Waals surface area (Å²) in [4.78, 5) is 14.6. The second kappa shape index (κ2) is 11.2. The summed E-state index contributed by atoms with van der Waals surface area (Å²) in [7, 11) is 0. The Kier molecular flexibility index (Phi) is 7.42. The molecule has 0 spiro atoms. The van der Waals surface area contributed by atoms with E-state index in [1.54, 1.807) is 6.07 Å². The van der Waals surface area contributed by atoms with Crippen LogP contribution in [0, 0.1) is 11.3 Å². The number of hydrogen-bond donors (Lipinski definition) is 3. The number of aliphatic hydroxyl groups is 1. The highest BCUT2D eigenvalue weighted by Gasteiger charge is 2.29. The maximum atomic E-state index is 12.9. The van der Waals surface area contributed by atoms with E-state index in [9.17, 15) is 23.5 Å². The fourth-order valence-corrected chi connectivity index (χ4v) is 6.68. The number of benzene rings is 1. The number of nitriles is 1. The van der Waals surface area contributed by atoms with Crippen LogP contribution in [0.5, 0.6) is 0 Å². The standard InChI is InChI=1S/C29H28F3N7OS/c30-29(31,32)11-22-10-24-27(35-17-36-28(24)41-22)37-20-4-7-38(8-5-20)15-19-1-2-26-23(25(19)16-40)9-21(12-33)39(26)14-18-3-6-34-13-18/h1-3,6,9-10,13,17,20,34,40H,4-5,7-8,11,14-16H2,(H,35,36,37). The van der Waals surface area contributed by atoms with Gasteiger partial charge in [0.05, 0.1) is 25.0 Å². The highest BCUT2D eigenvalue weighted by Crippen LogP contribution is 2.33. The van der Waals surface area contributed by atoms with E-state index in [1.165, 1.54) is 6.33 Å². The van der Waals surface area contributed by atoms with Crippen molar-refractivity contribution in [3.05, 3.63) is 76.3 Å². The lowest BCUT2D eigenvalue weighted by Crippen LogP contribution is -2.39. The summed E-state index contributed by atoms with van der Waals surface area (Å²) in [6.45, 7) is 2.75. The van der Waals surface area contributed by atoms with Gasteiger partial charge in [0.25, 0.3) is 0 Å². The quantitative estimate of drug-likeness (QED) is 0.222. The molecule has 1 aliphatic rings. The van der Waals surface area contributed by atoms with Crippen LogP contribution < -0.4 is 5.32 Å². The number of anilines is 1. The molecule has 5 aromatic rings. The van der Waals surface area contributed by atoms with E-state index in [4.69, 9.17) is 0 Å². The molecule has 0 amide bonds. The lowest BCUT2D eigenvalue weighted by molar-refractivity contribution is -0.126. The topological polar surface area (TPSA) is 106 Å². The Morgan fingerprint density at radius 2 is 1.95 bits per heavy atom. The molecule has 212 valence electrons. The first-order valence-electron chi connectivity index (χ1n) is 13.4.